The maximum absolute atomic E-state index is 13.2. The molecule has 27 heavy (non-hydrogen) atoms. The number of likely N-dealkylation sites (N-methyl/N-ethyl adjacent to an activating group) is 1. The van der Waals surface area contributed by atoms with Crippen molar-refractivity contribution < 1.29 is 14.3 Å². The van der Waals surface area contributed by atoms with E-state index in [1.54, 1.807) is 14.2 Å². The van der Waals surface area contributed by atoms with Gasteiger partial charge in [0.25, 0.3) is 0 Å². The van der Waals surface area contributed by atoms with Gasteiger partial charge in [0.2, 0.25) is 0 Å². The molecule has 1 aromatic rings. The number of methoxy groups -OCH3 is 2. The van der Waals surface area contributed by atoms with E-state index in [1.807, 2.05) is 6.07 Å². The Balaban J connectivity index is 1.78. The summed E-state index contributed by atoms with van der Waals surface area (Å²) >= 11 is 0. The van der Waals surface area contributed by atoms with E-state index < -0.39 is 0 Å². The molecule has 1 aromatic carbocycles. The highest BCUT2D eigenvalue weighted by Gasteiger charge is 2.68. The SMILES string of the molecule is C/C=C1/CN2CC[C@@]34c5cc(OC)ccc5N(C)[C@H]3[C@@H]2C[C@@H]1[C@@H]4C(=O)OC. The minimum Gasteiger partial charge on any atom is -0.497 e. The van der Waals surface area contributed by atoms with Gasteiger partial charge in [-0.3, -0.25) is 9.69 Å². The van der Waals surface area contributed by atoms with Crippen LogP contribution in [0.4, 0.5) is 5.69 Å². The molecule has 1 saturated carbocycles. The van der Waals surface area contributed by atoms with Gasteiger partial charge in [-0.15, -0.1) is 0 Å². The zero-order valence-corrected chi connectivity index (χ0v) is 16.6. The fourth-order valence-corrected chi connectivity index (χ4v) is 6.82. The van der Waals surface area contributed by atoms with Crippen molar-refractivity contribution in [3.05, 3.63) is 35.4 Å². The van der Waals surface area contributed by atoms with Crippen molar-refractivity contribution in [1.29, 1.82) is 0 Å². The Morgan fingerprint density at radius 3 is 2.85 bits per heavy atom. The zero-order valence-electron chi connectivity index (χ0n) is 16.6. The van der Waals surface area contributed by atoms with Gasteiger partial charge in [-0.2, -0.15) is 0 Å². The molecule has 3 heterocycles. The minimum absolute atomic E-state index is 0.0535. The molecule has 1 aliphatic carbocycles. The number of esters is 1. The molecule has 0 radical (unpaired) electrons. The number of anilines is 1. The first-order valence-corrected chi connectivity index (χ1v) is 9.95. The summed E-state index contributed by atoms with van der Waals surface area (Å²) in [7, 11) is 5.45. The van der Waals surface area contributed by atoms with Crippen molar-refractivity contribution in [3.63, 3.8) is 0 Å². The average Bonchev–Trinajstić information content (AvgIpc) is 2.96. The Morgan fingerprint density at radius 1 is 1.33 bits per heavy atom. The Labute approximate surface area is 160 Å². The fourth-order valence-electron chi connectivity index (χ4n) is 6.82. The Kier molecular flexibility index (Phi) is 3.64. The van der Waals surface area contributed by atoms with E-state index in [-0.39, 0.29) is 23.2 Å². The summed E-state index contributed by atoms with van der Waals surface area (Å²) in [5.74, 6) is 0.950. The first-order chi connectivity index (χ1) is 13.1. The van der Waals surface area contributed by atoms with Crippen molar-refractivity contribution in [3.8, 4) is 5.75 Å². The predicted molar refractivity (Wildman–Crippen MR) is 104 cm³/mol. The maximum Gasteiger partial charge on any atom is 0.310 e. The van der Waals surface area contributed by atoms with Crippen LogP contribution in [0.15, 0.2) is 29.8 Å². The number of rotatable bonds is 2. The number of benzene rings is 1. The molecule has 0 spiro atoms. The number of hydrogen-bond acceptors (Lipinski definition) is 5. The highest BCUT2D eigenvalue weighted by molar-refractivity contribution is 5.80. The molecule has 4 aliphatic rings. The van der Waals surface area contributed by atoms with Gasteiger partial charge in [-0.1, -0.05) is 11.6 Å². The molecular formula is C22H28N2O3. The molecule has 0 amide bonds. The third-order valence-corrected chi connectivity index (χ3v) is 7.82. The molecule has 5 nitrogen and oxygen atoms in total. The average molecular weight is 368 g/mol. The zero-order chi connectivity index (χ0) is 18.9. The van der Waals surface area contributed by atoms with Gasteiger partial charge in [-0.05, 0) is 56.0 Å². The van der Waals surface area contributed by atoms with Crippen LogP contribution in [0.25, 0.3) is 0 Å². The third kappa shape index (κ3) is 1.96. The lowest BCUT2D eigenvalue weighted by Crippen LogP contribution is -2.72. The van der Waals surface area contributed by atoms with E-state index in [9.17, 15) is 4.79 Å². The van der Waals surface area contributed by atoms with Gasteiger partial charge in [0.15, 0.2) is 0 Å². The van der Waals surface area contributed by atoms with Crippen molar-refractivity contribution in [1.82, 2.24) is 4.90 Å². The highest BCUT2D eigenvalue weighted by atomic mass is 16.5. The van der Waals surface area contributed by atoms with Crippen molar-refractivity contribution >= 4 is 11.7 Å². The Hall–Kier alpha value is -2.01. The number of piperidine rings is 2. The molecular weight excluding hydrogens is 340 g/mol. The monoisotopic (exact) mass is 368 g/mol. The van der Waals surface area contributed by atoms with E-state index in [1.165, 1.54) is 16.8 Å². The predicted octanol–water partition coefficient (Wildman–Crippen LogP) is 2.59. The van der Waals surface area contributed by atoms with E-state index in [0.29, 0.717) is 12.1 Å². The number of hydrogen-bond donors (Lipinski definition) is 0. The van der Waals surface area contributed by atoms with Gasteiger partial charge in [0.05, 0.1) is 26.2 Å². The third-order valence-electron chi connectivity index (χ3n) is 7.82. The second-order valence-corrected chi connectivity index (χ2v) is 8.47. The van der Waals surface area contributed by atoms with Crippen LogP contribution in [0.1, 0.15) is 25.3 Å². The lowest BCUT2D eigenvalue weighted by atomic mass is 9.50. The molecule has 144 valence electrons. The van der Waals surface area contributed by atoms with Crippen molar-refractivity contribution in [2.24, 2.45) is 11.8 Å². The largest absolute Gasteiger partial charge is 0.497 e. The van der Waals surface area contributed by atoms with E-state index in [4.69, 9.17) is 9.47 Å². The fraction of sp³-hybridized carbons (Fsp3) is 0.591. The lowest BCUT2D eigenvalue weighted by molar-refractivity contribution is -0.158. The summed E-state index contributed by atoms with van der Waals surface area (Å²) < 4.78 is 11.0. The molecule has 0 N–H and O–H groups in total. The van der Waals surface area contributed by atoms with E-state index >= 15 is 0 Å². The van der Waals surface area contributed by atoms with Gasteiger partial charge in [-0.25, -0.2) is 0 Å². The summed E-state index contributed by atoms with van der Waals surface area (Å²) in [5.41, 5.74) is 3.71. The molecule has 2 saturated heterocycles. The van der Waals surface area contributed by atoms with Crippen LogP contribution in [0.3, 0.4) is 0 Å². The standard InChI is InChI=1S/C22H28N2O3/c1-5-13-12-24-9-8-22-16-10-14(26-3)6-7-17(16)23(2)20(22)18(24)11-15(13)19(22)21(25)27-4/h5-7,10,15,18-20H,8-9,11-12H2,1-4H3/b13-5-/t15-,18-,19+,20-,22-/m0/s1. The van der Waals surface area contributed by atoms with Crippen molar-refractivity contribution in [2.45, 2.75) is 37.3 Å². The quantitative estimate of drug-likeness (QED) is 0.593. The number of ether oxygens (including phenoxy) is 2. The van der Waals surface area contributed by atoms with Crippen LogP contribution >= 0.6 is 0 Å². The molecule has 5 heteroatoms. The van der Waals surface area contributed by atoms with Crippen molar-refractivity contribution in [2.75, 3.05) is 39.3 Å². The summed E-state index contributed by atoms with van der Waals surface area (Å²) in [5, 5.41) is 0. The van der Waals surface area contributed by atoms with Gasteiger partial charge in [0.1, 0.15) is 5.75 Å². The second-order valence-electron chi connectivity index (χ2n) is 8.47. The number of nitrogens with zero attached hydrogens (tertiary/aromatic N) is 2. The van der Waals surface area contributed by atoms with Crippen LogP contribution in [0, 0.1) is 11.8 Å². The van der Waals surface area contributed by atoms with Crippen LogP contribution < -0.4 is 9.64 Å². The van der Waals surface area contributed by atoms with E-state index in [0.717, 1.165) is 31.7 Å². The van der Waals surface area contributed by atoms with Crippen LogP contribution in [-0.2, 0) is 14.9 Å². The molecule has 5 rings (SSSR count). The smallest absolute Gasteiger partial charge is 0.310 e. The second kappa shape index (κ2) is 5.74. The molecule has 0 unspecified atom stereocenters. The molecule has 3 bridgehead atoms. The molecule has 3 fully saturated rings. The number of fused-ring (bicyclic) bond motifs is 2. The molecule has 0 aromatic heterocycles. The Bertz CT molecular complexity index is 835. The number of carbonyl (C=O) groups is 1. The summed E-state index contributed by atoms with van der Waals surface area (Å²) in [6.07, 6.45) is 4.27. The number of carbonyl (C=O) groups excluding carboxylic acids is 1. The normalized spacial score (nSPS) is 37.9. The first-order valence-electron chi connectivity index (χ1n) is 9.95. The maximum atomic E-state index is 13.2. The lowest BCUT2D eigenvalue weighted by Gasteiger charge is -2.63. The first kappa shape index (κ1) is 17.1. The minimum atomic E-state index is -0.204. The highest BCUT2D eigenvalue weighted by Crippen LogP contribution is 2.63. The topological polar surface area (TPSA) is 42.0 Å². The number of allylic oxidation sites excluding steroid dienone is 1. The van der Waals surface area contributed by atoms with E-state index in [2.05, 4.69) is 42.0 Å². The van der Waals surface area contributed by atoms with Gasteiger partial charge >= 0.3 is 5.97 Å². The van der Waals surface area contributed by atoms with Crippen LogP contribution in [0.5, 0.6) is 5.75 Å². The van der Waals surface area contributed by atoms with Gasteiger partial charge in [0, 0.05) is 30.7 Å². The summed E-state index contributed by atoms with van der Waals surface area (Å²) in [6, 6.07) is 7.17. The van der Waals surface area contributed by atoms with Crippen LogP contribution in [-0.4, -0.2) is 57.3 Å². The molecule has 5 atom stereocenters. The Morgan fingerprint density at radius 2 is 2.15 bits per heavy atom. The summed E-state index contributed by atoms with van der Waals surface area (Å²) in [6.45, 7) is 4.13. The molecule has 3 aliphatic heterocycles. The van der Waals surface area contributed by atoms with Crippen LogP contribution in [0.2, 0.25) is 0 Å². The summed E-state index contributed by atoms with van der Waals surface area (Å²) in [4.78, 5) is 18.3. The van der Waals surface area contributed by atoms with Gasteiger partial charge < -0.3 is 14.4 Å².